The predicted molar refractivity (Wildman–Crippen MR) is 39.6 cm³/mol. The van der Waals surface area contributed by atoms with Crippen LogP contribution in [0.3, 0.4) is 0 Å². The van der Waals surface area contributed by atoms with E-state index < -0.39 is 18.0 Å². The van der Waals surface area contributed by atoms with Gasteiger partial charge >= 0.3 is 11.9 Å². The van der Waals surface area contributed by atoms with Crippen LogP contribution in [0, 0.1) is 0 Å². The first kappa shape index (κ1) is 9.84. The van der Waals surface area contributed by atoms with E-state index in [1.807, 2.05) is 0 Å². The second kappa shape index (κ2) is 3.88. The number of esters is 2. The number of ether oxygens (including phenoxy) is 1. The van der Waals surface area contributed by atoms with E-state index >= 15 is 0 Å². The van der Waals surface area contributed by atoms with Crippen molar-refractivity contribution in [2.24, 2.45) is 5.73 Å². The maximum atomic E-state index is 10.7. The van der Waals surface area contributed by atoms with Gasteiger partial charge < -0.3 is 10.5 Å². The van der Waals surface area contributed by atoms with Crippen LogP contribution < -0.4 is 5.73 Å². The first-order valence-corrected chi connectivity index (χ1v) is 3.12. The van der Waals surface area contributed by atoms with Crippen molar-refractivity contribution in [2.45, 2.75) is 19.9 Å². The van der Waals surface area contributed by atoms with Crippen molar-refractivity contribution in [1.82, 2.24) is 0 Å². The van der Waals surface area contributed by atoms with Gasteiger partial charge in [-0.1, -0.05) is 6.58 Å². The molecule has 0 bridgehead atoms. The third-order valence-electron chi connectivity index (χ3n) is 0.914. The Hall–Kier alpha value is -1.16. The van der Waals surface area contributed by atoms with Crippen LogP contribution >= 0.6 is 0 Å². The minimum absolute atomic E-state index is 0.180. The van der Waals surface area contributed by atoms with Crippen molar-refractivity contribution in [2.75, 3.05) is 0 Å². The summed E-state index contributed by atoms with van der Waals surface area (Å²) in [6, 6.07) is -0.779. The summed E-state index contributed by atoms with van der Waals surface area (Å²) in [6.45, 7) is 6.19. The first-order valence-electron chi connectivity index (χ1n) is 3.12. The van der Waals surface area contributed by atoms with Gasteiger partial charge in [-0.2, -0.15) is 0 Å². The molecule has 2 N–H and O–H groups in total. The Morgan fingerprint density at radius 3 is 2.27 bits per heavy atom. The lowest BCUT2D eigenvalue weighted by Gasteiger charge is -2.03. The first-order chi connectivity index (χ1) is 4.95. The highest BCUT2D eigenvalue weighted by molar-refractivity contribution is 5.96. The van der Waals surface area contributed by atoms with E-state index in [0.717, 1.165) is 0 Å². The summed E-state index contributed by atoms with van der Waals surface area (Å²) >= 11 is 0. The molecule has 4 nitrogen and oxygen atoms in total. The second-order valence-electron chi connectivity index (χ2n) is 2.28. The van der Waals surface area contributed by atoms with Crippen LogP contribution in [0.4, 0.5) is 0 Å². The molecule has 0 aliphatic heterocycles. The highest BCUT2D eigenvalue weighted by Crippen LogP contribution is 1.93. The highest BCUT2D eigenvalue weighted by Gasteiger charge is 2.14. The van der Waals surface area contributed by atoms with Crippen molar-refractivity contribution in [3.63, 3.8) is 0 Å². The molecule has 0 radical (unpaired) electrons. The molecule has 0 saturated heterocycles. The largest absolute Gasteiger partial charge is 0.389 e. The summed E-state index contributed by atoms with van der Waals surface area (Å²) in [6.07, 6.45) is 0. The zero-order chi connectivity index (χ0) is 9.02. The van der Waals surface area contributed by atoms with E-state index in [9.17, 15) is 9.59 Å². The Morgan fingerprint density at radius 2 is 2.00 bits per heavy atom. The molecule has 11 heavy (non-hydrogen) atoms. The van der Waals surface area contributed by atoms with E-state index in [0.29, 0.717) is 0 Å². The Morgan fingerprint density at radius 1 is 1.55 bits per heavy atom. The van der Waals surface area contributed by atoms with Crippen LogP contribution in [0.15, 0.2) is 12.2 Å². The lowest BCUT2D eigenvalue weighted by atomic mass is 10.3. The van der Waals surface area contributed by atoms with Gasteiger partial charge in [0.15, 0.2) is 0 Å². The van der Waals surface area contributed by atoms with Crippen LogP contribution in [0.5, 0.6) is 0 Å². The van der Waals surface area contributed by atoms with Crippen LogP contribution in [-0.2, 0) is 14.3 Å². The Labute approximate surface area is 65.0 Å². The summed E-state index contributed by atoms with van der Waals surface area (Å²) in [4.78, 5) is 21.3. The number of carbonyl (C=O) groups excluding carboxylic acids is 2. The molecule has 0 saturated carbocycles. The average molecular weight is 157 g/mol. The molecule has 0 aliphatic rings. The molecule has 0 fully saturated rings. The number of hydrogen-bond donors (Lipinski definition) is 1. The number of nitrogens with two attached hydrogens (primary N) is 1. The molecule has 0 aromatic heterocycles. The molecule has 1 atom stereocenters. The second-order valence-corrected chi connectivity index (χ2v) is 2.28. The minimum Gasteiger partial charge on any atom is -0.389 e. The van der Waals surface area contributed by atoms with Gasteiger partial charge in [0, 0.05) is 5.57 Å². The van der Waals surface area contributed by atoms with Gasteiger partial charge in [-0.25, -0.2) is 9.59 Å². The van der Waals surface area contributed by atoms with Crippen molar-refractivity contribution in [1.29, 1.82) is 0 Å². The summed E-state index contributed by atoms with van der Waals surface area (Å²) < 4.78 is 4.27. The summed E-state index contributed by atoms with van der Waals surface area (Å²) in [5.41, 5.74) is 5.31. The van der Waals surface area contributed by atoms with Crippen molar-refractivity contribution in [3.05, 3.63) is 12.2 Å². The van der Waals surface area contributed by atoms with E-state index in [1.54, 1.807) is 0 Å². The quantitative estimate of drug-likeness (QED) is 0.347. The highest BCUT2D eigenvalue weighted by atomic mass is 16.6. The van der Waals surface area contributed by atoms with Crippen molar-refractivity contribution < 1.29 is 14.3 Å². The molecule has 0 spiro atoms. The molecule has 0 aromatic carbocycles. The molecular weight excluding hydrogens is 146 g/mol. The molecule has 0 amide bonds. The molecule has 0 rings (SSSR count). The average Bonchev–Trinajstić information content (AvgIpc) is 1.87. The monoisotopic (exact) mass is 157 g/mol. The van der Waals surface area contributed by atoms with Crippen LogP contribution in [0.2, 0.25) is 0 Å². The summed E-state index contributed by atoms with van der Waals surface area (Å²) in [5, 5.41) is 0. The smallest absolute Gasteiger partial charge is 0.340 e. The third kappa shape index (κ3) is 3.52. The lowest BCUT2D eigenvalue weighted by molar-refractivity contribution is -0.157. The molecule has 62 valence electrons. The molecule has 4 heteroatoms. The van der Waals surface area contributed by atoms with Crippen molar-refractivity contribution in [3.8, 4) is 0 Å². The van der Waals surface area contributed by atoms with Crippen LogP contribution in [-0.4, -0.2) is 18.0 Å². The number of rotatable bonds is 2. The standard InChI is InChI=1S/C7H11NO3/c1-4(2)6(9)11-7(10)5(3)8/h5H,1,8H2,2-3H3. The van der Waals surface area contributed by atoms with Gasteiger partial charge in [0.1, 0.15) is 6.04 Å². The van der Waals surface area contributed by atoms with Gasteiger partial charge in [0.05, 0.1) is 0 Å². The maximum absolute atomic E-state index is 10.7. The van der Waals surface area contributed by atoms with Gasteiger partial charge in [-0.05, 0) is 13.8 Å². The van der Waals surface area contributed by atoms with Gasteiger partial charge in [-0.3, -0.25) is 0 Å². The van der Waals surface area contributed by atoms with E-state index in [1.165, 1.54) is 13.8 Å². The van der Waals surface area contributed by atoms with Gasteiger partial charge in [0.2, 0.25) is 0 Å². The normalized spacial score (nSPS) is 11.9. The molecular formula is C7H11NO3. The Bertz CT molecular complexity index is 196. The lowest BCUT2D eigenvalue weighted by Crippen LogP contribution is -2.30. The molecule has 0 aromatic rings. The van der Waals surface area contributed by atoms with Gasteiger partial charge in [0.25, 0.3) is 0 Å². The van der Waals surface area contributed by atoms with Crippen LogP contribution in [0.1, 0.15) is 13.8 Å². The van der Waals surface area contributed by atoms with E-state index in [-0.39, 0.29) is 5.57 Å². The summed E-state index contributed by atoms with van der Waals surface area (Å²) in [7, 11) is 0. The fraction of sp³-hybridized carbons (Fsp3) is 0.429. The number of hydrogen-bond acceptors (Lipinski definition) is 4. The SMILES string of the molecule is C=C(C)C(=O)OC(=O)C(C)N. The fourth-order valence-corrected chi connectivity index (χ4v) is 0.271. The maximum Gasteiger partial charge on any atom is 0.340 e. The molecule has 0 heterocycles. The molecule has 0 aliphatic carbocycles. The number of carbonyl (C=O) groups is 2. The Kier molecular flexibility index (Phi) is 3.47. The predicted octanol–water partition coefficient (Wildman–Crippen LogP) is -0.0205. The van der Waals surface area contributed by atoms with Crippen molar-refractivity contribution >= 4 is 11.9 Å². The molecule has 1 unspecified atom stereocenters. The Balaban J connectivity index is 3.96. The summed E-state index contributed by atoms with van der Waals surface area (Å²) in [5.74, 6) is -1.47. The minimum atomic E-state index is -0.779. The zero-order valence-corrected chi connectivity index (χ0v) is 6.59. The third-order valence-corrected chi connectivity index (χ3v) is 0.914. The van der Waals surface area contributed by atoms with E-state index in [2.05, 4.69) is 11.3 Å². The van der Waals surface area contributed by atoms with Gasteiger partial charge in [-0.15, -0.1) is 0 Å². The van der Waals surface area contributed by atoms with Crippen LogP contribution in [0.25, 0.3) is 0 Å². The van der Waals surface area contributed by atoms with E-state index in [4.69, 9.17) is 5.73 Å². The topological polar surface area (TPSA) is 69.4 Å². The fourth-order valence-electron chi connectivity index (χ4n) is 0.271. The zero-order valence-electron chi connectivity index (χ0n) is 6.59.